The summed E-state index contributed by atoms with van der Waals surface area (Å²) < 4.78 is 1.54. The lowest BCUT2D eigenvalue weighted by atomic mass is 9.67. The fourth-order valence-corrected chi connectivity index (χ4v) is 7.00. The summed E-state index contributed by atoms with van der Waals surface area (Å²) in [6.07, 6.45) is 15.5. The van der Waals surface area contributed by atoms with Crippen molar-refractivity contribution in [3.63, 3.8) is 0 Å². The Bertz CT molecular complexity index is 822. The van der Waals surface area contributed by atoms with Crippen LogP contribution in [0.15, 0.2) is 57.2 Å². The molecule has 0 aliphatic heterocycles. The van der Waals surface area contributed by atoms with Gasteiger partial charge < -0.3 is 0 Å². The topological polar surface area (TPSA) is 0 Å². The zero-order valence-corrected chi connectivity index (χ0v) is 18.1. The van der Waals surface area contributed by atoms with Crippen molar-refractivity contribution in [2.75, 3.05) is 0 Å². The average molecular weight is 456 g/mol. The SMILES string of the molecule is CC1(C)C2CC(I)=CC=C2C2CCC(C3CCc4ccccc4C3)=CC21. The van der Waals surface area contributed by atoms with E-state index in [0.717, 1.165) is 23.7 Å². The summed E-state index contributed by atoms with van der Waals surface area (Å²) in [5, 5.41) is 0. The van der Waals surface area contributed by atoms with Gasteiger partial charge in [-0.3, -0.25) is 0 Å². The van der Waals surface area contributed by atoms with Crippen LogP contribution in [-0.4, -0.2) is 0 Å². The summed E-state index contributed by atoms with van der Waals surface area (Å²) in [7, 11) is 0. The molecular formula is C25H29I. The Kier molecular flexibility index (Phi) is 4.23. The predicted molar refractivity (Wildman–Crippen MR) is 118 cm³/mol. The molecule has 0 heterocycles. The molecule has 1 saturated carbocycles. The van der Waals surface area contributed by atoms with Crippen molar-refractivity contribution in [3.8, 4) is 0 Å². The van der Waals surface area contributed by atoms with Gasteiger partial charge >= 0.3 is 0 Å². The van der Waals surface area contributed by atoms with Crippen LogP contribution in [0.3, 0.4) is 0 Å². The lowest BCUT2D eigenvalue weighted by molar-refractivity contribution is 0.199. The molecule has 4 aliphatic carbocycles. The Morgan fingerprint density at radius 3 is 2.62 bits per heavy atom. The predicted octanol–water partition coefficient (Wildman–Crippen LogP) is 7.05. The minimum atomic E-state index is 0.402. The van der Waals surface area contributed by atoms with Crippen molar-refractivity contribution in [3.05, 3.63) is 68.3 Å². The Labute approximate surface area is 172 Å². The van der Waals surface area contributed by atoms with Crippen LogP contribution in [0.5, 0.6) is 0 Å². The number of aryl methyl sites for hydroxylation is 1. The molecule has 0 radical (unpaired) electrons. The van der Waals surface area contributed by atoms with Gasteiger partial charge in [0.25, 0.3) is 0 Å². The first-order valence-corrected chi connectivity index (χ1v) is 11.5. The lowest BCUT2D eigenvalue weighted by Gasteiger charge is -2.37. The third-order valence-electron chi connectivity index (χ3n) is 7.89. The largest absolute Gasteiger partial charge is 0.0808 e. The molecule has 0 nitrogen and oxygen atoms in total. The van der Waals surface area contributed by atoms with E-state index in [9.17, 15) is 0 Å². The van der Waals surface area contributed by atoms with Crippen LogP contribution in [0.1, 0.15) is 50.7 Å². The minimum Gasteiger partial charge on any atom is -0.0808 e. The normalized spacial score (nSPS) is 34.8. The molecule has 0 N–H and O–H groups in total. The van der Waals surface area contributed by atoms with Crippen LogP contribution >= 0.6 is 22.6 Å². The molecule has 26 heavy (non-hydrogen) atoms. The second kappa shape index (κ2) is 6.36. The number of allylic oxidation sites excluding steroid dienone is 6. The second-order valence-electron chi connectivity index (χ2n) is 9.48. The van der Waals surface area contributed by atoms with E-state index in [0.29, 0.717) is 5.41 Å². The van der Waals surface area contributed by atoms with Gasteiger partial charge in [0, 0.05) is 0 Å². The molecule has 0 spiro atoms. The molecule has 0 aromatic heterocycles. The number of fused-ring (bicyclic) bond motifs is 4. The summed E-state index contributed by atoms with van der Waals surface area (Å²) in [6, 6.07) is 9.12. The van der Waals surface area contributed by atoms with Gasteiger partial charge in [-0.1, -0.05) is 67.5 Å². The molecule has 1 heteroatoms. The molecule has 1 fully saturated rings. The van der Waals surface area contributed by atoms with Crippen molar-refractivity contribution in [2.45, 2.75) is 52.4 Å². The van der Waals surface area contributed by atoms with E-state index in [-0.39, 0.29) is 0 Å². The van der Waals surface area contributed by atoms with Crippen molar-refractivity contribution in [1.29, 1.82) is 0 Å². The molecule has 136 valence electrons. The Morgan fingerprint density at radius 1 is 0.962 bits per heavy atom. The quantitative estimate of drug-likeness (QED) is 0.314. The summed E-state index contributed by atoms with van der Waals surface area (Å²) in [5.74, 6) is 3.10. The fourth-order valence-electron chi connectivity index (χ4n) is 6.38. The first-order chi connectivity index (χ1) is 12.5. The minimum absolute atomic E-state index is 0.402. The van der Waals surface area contributed by atoms with E-state index >= 15 is 0 Å². The van der Waals surface area contributed by atoms with Crippen molar-refractivity contribution in [1.82, 2.24) is 0 Å². The maximum Gasteiger partial charge on any atom is -0.00879 e. The third-order valence-corrected chi connectivity index (χ3v) is 8.69. The van der Waals surface area contributed by atoms with E-state index in [1.165, 1.54) is 42.1 Å². The van der Waals surface area contributed by atoms with Gasteiger partial charge in [-0.2, -0.15) is 0 Å². The first-order valence-electron chi connectivity index (χ1n) is 10.4. The molecule has 0 saturated heterocycles. The fraction of sp³-hybridized carbons (Fsp3) is 0.520. The maximum atomic E-state index is 2.76. The monoisotopic (exact) mass is 456 g/mol. The highest BCUT2D eigenvalue weighted by Gasteiger charge is 2.52. The van der Waals surface area contributed by atoms with Crippen molar-refractivity contribution >= 4 is 22.6 Å². The summed E-state index contributed by atoms with van der Waals surface area (Å²) >= 11 is 2.54. The van der Waals surface area contributed by atoms with Crippen molar-refractivity contribution < 1.29 is 0 Å². The lowest BCUT2D eigenvalue weighted by Crippen LogP contribution is -2.29. The average Bonchev–Trinajstić information content (AvgIpc) is 2.88. The number of benzene rings is 1. The smallest absolute Gasteiger partial charge is 0.00879 e. The van der Waals surface area contributed by atoms with Gasteiger partial charge in [-0.05, 0) is 105 Å². The van der Waals surface area contributed by atoms with E-state index in [2.05, 4.69) is 78.9 Å². The number of hydrogen-bond acceptors (Lipinski definition) is 0. The van der Waals surface area contributed by atoms with Gasteiger partial charge in [0.15, 0.2) is 0 Å². The Morgan fingerprint density at radius 2 is 1.77 bits per heavy atom. The number of rotatable bonds is 1. The maximum absolute atomic E-state index is 2.76. The highest BCUT2D eigenvalue weighted by molar-refractivity contribution is 14.1. The van der Waals surface area contributed by atoms with E-state index < -0.39 is 0 Å². The third kappa shape index (κ3) is 2.68. The van der Waals surface area contributed by atoms with Crippen LogP contribution in [0, 0.1) is 29.1 Å². The zero-order valence-electron chi connectivity index (χ0n) is 16.0. The van der Waals surface area contributed by atoms with Gasteiger partial charge in [0.05, 0.1) is 0 Å². The zero-order chi connectivity index (χ0) is 17.9. The molecule has 4 atom stereocenters. The highest BCUT2D eigenvalue weighted by Crippen LogP contribution is 2.61. The summed E-state index contributed by atoms with van der Waals surface area (Å²) in [4.78, 5) is 0. The van der Waals surface area contributed by atoms with Crippen LogP contribution in [0.4, 0.5) is 0 Å². The van der Waals surface area contributed by atoms with Gasteiger partial charge in [0.2, 0.25) is 0 Å². The molecule has 4 unspecified atom stereocenters. The Balaban J connectivity index is 1.44. The second-order valence-corrected chi connectivity index (χ2v) is 10.9. The number of halogens is 1. The molecule has 0 amide bonds. The van der Waals surface area contributed by atoms with Crippen molar-refractivity contribution in [2.24, 2.45) is 29.1 Å². The van der Waals surface area contributed by atoms with Gasteiger partial charge in [0.1, 0.15) is 0 Å². The molecule has 0 bridgehead atoms. The van der Waals surface area contributed by atoms with E-state index in [4.69, 9.17) is 0 Å². The van der Waals surface area contributed by atoms with E-state index in [1.54, 1.807) is 22.3 Å². The highest BCUT2D eigenvalue weighted by atomic mass is 127. The number of hydrogen-bond donors (Lipinski definition) is 0. The molecule has 1 aromatic rings. The molecule has 5 rings (SSSR count). The van der Waals surface area contributed by atoms with E-state index in [1.807, 2.05) is 0 Å². The first kappa shape index (κ1) is 17.3. The van der Waals surface area contributed by atoms with Gasteiger partial charge in [-0.25, -0.2) is 0 Å². The van der Waals surface area contributed by atoms with Crippen LogP contribution in [-0.2, 0) is 12.8 Å². The van der Waals surface area contributed by atoms with Crippen LogP contribution in [0.2, 0.25) is 0 Å². The molecule has 4 aliphatic rings. The van der Waals surface area contributed by atoms with Gasteiger partial charge in [-0.15, -0.1) is 0 Å². The summed E-state index contributed by atoms with van der Waals surface area (Å²) in [5.41, 5.74) is 7.16. The molecule has 1 aromatic carbocycles. The van der Waals surface area contributed by atoms with Crippen LogP contribution in [0.25, 0.3) is 0 Å². The Hall–Kier alpha value is -0.830. The molecular weight excluding hydrogens is 427 g/mol. The summed E-state index contributed by atoms with van der Waals surface area (Å²) in [6.45, 7) is 5.09. The standard InChI is InChI=1S/C25H29I/c1-25(2)23-14-19(18-8-7-16-5-3-4-6-17(16)13-18)9-11-21(23)22-12-10-20(26)15-24(22)25/h3-6,10,12,14,18,21,23-24H,7-9,11,13,15H2,1-2H3. The van der Waals surface area contributed by atoms with Crippen LogP contribution < -0.4 is 0 Å².